The van der Waals surface area contributed by atoms with E-state index in [2.05, 4.69) is 22.8 Å². The number of nitrogens with zero attached hydrogens (tertiary/aromatic N) is 2. The summed E-state index contributed by atoms with van der Waals surface area (Å²) in [6.07, 6.45) is 1.96. The molecule has 1 heterocycles. The lowest BCUT2D eigenvalue weighted by Crippen LogP contribution is -2.25. The van der Waals surface area contributed by atoms with Crippen LogP contribution in [0.25, 0.3) is 11.3 Å². The van der Waals surface area contributed by atoms with E-state index in [4.69, 9.17) is 5.10 Å². The van der Waals surface area contributed by atoms with Crippen LogP contribution in [0.2, 0.25) is 0 Å². The first-order valence-corrected chi connectivity index (χ1v) is 12.3. The average molecular weight is 489 g/mol. The molecule has 4 rings (SSSR count). The molecular formula is C27H25FN4O2S. The van der Waals surface area contributed by atoms with Gasteiger partial charge in [0.1, 0.15) is 5.82 Å². The molecule has 4 aromatic rings. The van der Waals surface area contributed by atoms with Gasteiger partial charge in [0.25, 0.3) is 0 Å². The number of thioether (sulfide) groups is 1. The average Bonchev–Trinajstić information content (AvgIpc) is 3.28. The van der Waals surface area contributed by atoms with Crippen molar-refractivity contribution in [3.63, 3.8) is 0 Å². The van der Waals surface area contributed by atoms with E-state index in [1.165, 1.54) is 36.0 Å². The Balaban J connectivity index is 1.31. The van der Waals surface area contributed by atoms with Crippen molar-refractivity contribution in [2.75, 3.05) is 16.8 Å². The molecule has 3 aromatic carbocycles. The normalized spacial score (nSPS) is 10.7. The Morgan fingerprint density at radius 2 is 1.51 bits per heavy atom. The topological polar surface area (TPSA) is 76.0 Å². The third-order valence-corrected chi connectivity index (χ3v) is 6.08. The van der Waals surface area contributed by atoms with Gasteiger partial charge in [0.2, 0.25) is 11.8 Å². The molecule has 0 saturated heterocycles. The largest absolute Gasteiger partial charge is 0.351 e. The molecule has 0 aliphatic heterocycles. The van der Waals surface area contributed by atoms with E-state index < -0.39 is 0 Å². The fraction of sp³-hybridized carbons (Fsp3) is 0.148. The SMILES string of the molecule is O=C(CSCC(=O)Nc1ccc(F)cc1)NCc1cn(Cc2ccccc2)nc1-c1ccccc1. The van der Waals surface area contributed by atoms with E-state index in [0.29, 0.717) is 18.8 Å². The molecule has 2 amide bonds. The number of amides is 2. The lowest BCUT2D eigenvalue weighted by atomic mass is 10.1. The van der Waals surface area contributed by atoms with Gasteiger partial charge < -0.3 is 10.6 Å². The Labute approximate surface area is 207 Å². The third-order valence-electron chi connectivity index (χ3n) is 5.14. The Morgan fingerprint density at radius 3 is 2.23 bits per heavy atom. The molecule has 1 aromatic heterocycles. The molecule has 0 aliphatic carbocycles. The van der Waals surface area contributed by atoms with Gasteiger partial charge in [0.15, 0.2) is 0 Å². The molecule has 6 nitrogen and oxygen atoms in total. The Hall–Kier alpha value is -3.91. The van der Waals surface area contributed by atoms with Gasteiger partial charge in [-0.3, -0.25) is 14.3 Å². The molecule has 0 saturated carbocycles. The molecule has 0 atom stereocenters. The van der Waals surface area contributed by atoms with Gasteiger partial charge in [-0.15, -0.1) is 11.8 Å². The van der Waals surface area contributed by atoms with Crippen LogP contribution in [-0.2, 0) is 22.7 Å². The van der Waals surface area contributed by atoms with Crippen LogP contribution in [0.5, 0.6) is 0 Å². The smallest absolute Gasteiger partial charge is 0.234 e. The highest BCUT2D eigenvalue weighted by molar-refractivity contribution is 8.00. The van der Waals surface area contributed by atoms with E-state index in [1.807, 2.05) is 59.4 Å². The van der Waals surface area contributed by atoms with Crippen LogP contribution < -0.4 is 10.6 Å². The van der Waals surface area contributed by atoms with Gasteiger partial charge in [0.05, 0.1) is 23.7 Å². The summed E-state index contributed by atoms with van der Waals surface area (Å²) in [6, 6.07) is 25.5. The van der Waals surface area contributed by atoms with Gasteiger partial charge in [-0.1, -0.05) is 60.7 Å². The van der Waals surface area contributed by atoms with Crippen molar-refractivity contribution in [1.82, 2.24) is 15.1 Å². The minimum Gasteiger partial charge on any atom is -0.351 e. The van der Waals surface area contributed by atoms with Crippen molar-refractivity contribution >= 4 is 29.3 Å². The number of hydrogen-bond acceptors (Lipinski definition) is 4. The van der Waals surface area contributed by atoms with Crippen LogP contribution in [0, 0.1) is 5.82 Å². The van der Waals surface area contributed by atoms with Crippen molar-refractivity contribution in [2.45, 2.75) is 13.1 Å². The Kier molecular flexibility index (Phi) is 8.30. The zero-order valence-corrected chi connectivity index (χ0v) is 19.8. The maximum atomic E-state index is 13.0. The Morgan fingerprint density at radius 1 is 0.857 bits per heavy atom. The quantitative estimate of drug-likeness (QED) is 0.339. The highest BCUT2D eigenvalue weighted by Crippen LogP contribution is 2.22. The summed E-state index contributed by atoms with van der Waals surface area (Å²) in [5.74, 6) is -0.512. The third kappa shape index (κ3) is 7.28. The second-order valence-corrected chi connectivity index (χ2v) is 8.86. The lowest BCUT2D eigenvalue weighted by molar-refractivity contribution is -0.118. The van der Waals surface area contributed by atoms with Crippen LogP contribution in [0.3, 0.4) is 0 Å². The van der Waals surface area contributed by atoms with Gasteiger partial charge in [-0.05, 0) is 29.8 Å². The van der Waals surface area contributed by atoms with Crippen LogP contribution in [0.15, 0.2) is 91.1 Å². The predicted octanol–water partition coefficient (Wildman–Crippen LogP) is 4.73. The first-order valence-electron chi connectivity index (χ1n) is 11.1. The summed E-state index contributed by atoms with van der Waals surface area (Å²) in [5, 5.41) is 10.4. The second kappa shape index (κ2) is 12.0. The molecule has 8 heteroatoms. The molecule has 0 bridgehead atoms. The fourth-order valence-corrected chi connectivity index (χ4v) is 4.14. The van der Waals surface area contributed by atoms with E-state index in [1.54, 1.807) is 0 Å². The lowest BCUT2D eigenvalue weighted by Gasteiger charge is -2.07. The van der Waals surface area contributed by atoms with Gasteiger partial charge in [0, 0.05) is 29.6 Å². The van der Waals surface area contributed by atoms with Crippen LogP contribution in [0.4, 0.5) is 10.1 Å². The first-order chi connectivity index (χ1) is 17.1. The number of nitrogens with one attached hydrogen (secondary N) is 2. The monoisotopic (exact) mass is 488 g/mol. The Bertz CT molecular complexity index is 1260. The molecule has 2 N–H and O–H groups in total. The number of halogens is 1. The molecule has 0 spiro atoms. The first kappa shape index (κ1) is 24.2. The predicted molar refractivity (Wildman–Crippen MR) is 137 cm³/mol. The number of aromatic nitrogens is 2. The summed E-state index contributed by atoms with van der Waals surface area (Å²) >= 11 is 1.22. The molecule has 0 unspecified atom stereocenters. The highest BCUT2D eigenvalue weighted by Gasteiger charge is 2.13. The van der Waals surface area contributed by atoms with Gasteiger partial charge in [-0.25, -0.2) is 4.39 Å². The summed E-state index contributed by atoms with van der Waals surface area (Å²) < 4.78 is 14.8. The molecular weight excluding hydrogens is 463 g/mol. The van der Waals surface area contributed by atoms with Crippen molar-refractivity contribution in [3.05, 3.63) is 108 Å². The maximum absolute atomic E-state index is 13.0. The van der Waals surface area contributed by atoms with Crippen molar-refractivity contribution in [1.29, 1.82) is 0 Å². The number of hydrogen-bond donors (Lipinski definition) is 2. The van der Waals surface area contributed by atoms with Gasteiger partial charge >= 0.3 is 0 Å². The molecule has 0 radical (unpaired) electrons. The second-order valence-electron chi connectivity index (χ2n) is 7.88. The van der Waals surface area contributed by atoms with Crippen molar-refractivity contribution < 1.29 is 14.0 Å². The summed E-state index contributed by atoms with van der Waals surface area (Å²) in [4.78, 5) is 24.5. The standard InChI is InChI=1S/C27H25FN4O2S/c28-23-11-13-24(14-12-23)30-26(34)19-35-18-25(33)29-15-22-17-32(16-20-7-3-1-4-8-20)31-27(22)21-9-5-2-6-10-21/h1-14,17H,15-16,18-19H2,(H,29,33)(H,30,34). The minimum absolute atomic E-state index is 0.120. The van der Waals surface area contributed by atoms with Crippen LogP contribution in [-0.4, -0.2) is 33.1 Å². The highest BCUT2D eigenvalue weighted by atomic mass is 32.2. The van der Waals surface area contributed by atoms with E-state index in [-0.39, 0.29) is 29.1 Å². The number of carbonyl (C=O) groups excluding carboxylic acids is 2. The number of rotatable bonds is 10. The van der Waals surface area contributed by atoms with E-state index in [9.17, 15) is 14.0 Å². The summed E-state index contributed by atoms with van der Waals surface area (Å²) in [7, 11) is 0. The zero-order valence-electron chi connectivity index (χ0n) is 19.0. The van der Waals surface area contributed by atoms with Crippen molar-refractivity contribution in [2.24, 2.45) is 0 Å². The van der Waals surface area contributed by atoms with E-state index >= 15 is 0 Å². The number of carbonyl (C=O) groups is 2. The molecule has 35 heavy (non-hydrogen) atoms. The van der Waals surface area contributed by atoms with E-state index in [0.717, 1.165) is 22.4 Å². The van der Waals surface area contributed by atoms with Crippen LogP contribution >= 0.6 is 11.8 Å². The number of anilines is 1. The maximum Gasteiger partial charge on any atom is 0.234 e. The summed E-state index contributed by atoms with van der Waals surface area (Å²) in [6.45, 7) is 0.966. The molecule has 0 fully saturated rings. The molecule has 0 aliphatic rings. The summed E-state index contributed by atoms with van der Waals surface area (Å²) in [5.41, 5.74) is 4.38. The zero-order chi connectivity index (χ0) is 24.5. The van der Waals surface area contributed by atoms with Crippen LogP contribution in [0.1, 0.15) is 11.1 Å². The molecule has 178 valence electrons. The number of benzene rings is 3. The minimum atomic E-state index is -0.366. The van der Waals surface area contributed by atoms with Gasteiger partial charge in [-0.2, -0.15) is 5.10 Å². The van der Waals surface area contributed by atoms with Crippen molar-refractivity contribution in [3.8, 4) is 11.3 Å². The fourth-order valence-electron chi connectivity index (χ4n) is 3.49.